The van der Waals surface area contributed by atoms with Gasteiger partial charge >= 0.3 is 0 Å². The number of fused-ring (bicyclic) bond motifs is 2. The molecule has 8 heteroatoms. The van der Waals surface area contributed by atoms with E-state index in [9.17, 15) is 10.2 Å². The van der Waals surface area contributed by atoms with Crippen LogP contribution >= 0.6 is 0 Å². The van der Waals surface area contributed by atoms with Crippen LogP contribution in [0.5, 0.6) is 5.75 Å². The van der Waals surface area contributed by atoms with Crippen LogP contribution in [0.15, 0.2) is 42.7 Å². The van der Waals surface area contributed by atoms with Crippen molar-refractivity contribution in [3.8, 4) is 5.75 Å². The molecule has 2 aromatic heterocycles. The summed E-state index contributed by atoms with van der Waals surface area (Å²) in [6, 6.07) is 8.76. The topological polar surface area (TPSA) is 90.4 Å². The molecule has 0 amide bonds. The summed E-state index contributed by atoms with van der Waals surface area (Å²) in [5.74, 6) is -1.42. The number of H-pyrrole nitrogens is 1. The summed E-state index contributed by atoms with van der Waals surface area (Å²) in [7, 11) is 1.36. The second-order valence-electron chi connectivity index (χ2n) is 10.1. The minimum atomic E-state index is -0.990. The number of nitrogens with zero attached hydrogens (tertiary/aromatic N) is 1. The van der Waals surface area contributed by atoms with Crippen molar-refractivity contribution in [3.05, 3.63) is 82.3 Å². The maximum absolute atomic E-state index is 15.4. The van der Waals surface area contributed by atoms with Crippen molar-refractivity contribution in [2.75, 3.05) is 12.4 Å². The zero-order chi connectivity index (χ0) is 26.3. The monoisotopic (exact) mass is 507 g/mol. The van der Waals surface area contributed by atoms with Gasteiger partial charge in [-0.15, -0.1) is 0 Å². The standard InChI is InChI=1S/C29H31F2N3O3/c1-29(2,36)20-9-5-7-17-16(15-33-26(17)20)6-4-8-18-21(30)14-23(28(37-3)25(18)31)34-22-12-13-32-27-19(22)10-11-24(27)35/h5,7,9,12-15,24,33,35-36H,4,6,8,10-11H2,1-3H3,(H,32,34). The summed E-state index contributed by atoms with van der Waals surface area (Å²) in [6.07, 6.45) is 5.36. The van der Waals surface area contributed by atoms with Crippen LogP contribution in [-0.2, 0) is 24.9 Å². The van der Waals surface area contributed by atoms with E-state index in [1.54, 1.807) is 26.1 Å². The SMILES string of the molecule is COc1c(Nc2ccnc3c2CCC3O)cc(F)c(CCCc2c[nH]c3c(C(C)(C)O)cccc23)c1F. The average molecular weight is 508 g/mol. The molecule has 0 radical (unpaired) electrons. The first kappa shape index (κ1) is 25.2. The van der Waals surface area contributed by atoms with E-state index >= 15 is 8.78 Å². The van der Waals surface area contributed by atoms with Crippen molar-refractivity contribution in [1.82, 2.24) is 9.97 Å². The first-order valence-corrected chi connectivity index (χ1v) is 12.5. The molecule has 1 aliphatic carbocycles. The number of pyridine rings is 1. The molecule has 0 saturated heterocycles. The number of anilines is 2. The highest BCUT2D eigenvalue weighted by Gasteiger charge is 2.26. The van der Waals surface area contributed by atoms with E-state index in [1.165, 1.54) is 13.2 Å². The van der Waals surface area contributed by atoms with Crippen molar-refractivity contribution in [2.24, 2.45) is 0 Å². The lowest BCUT2D eigenvalue weighted by atomic mass is 9.94. The first-order chi connectivity index (χ1) is 17.7. The Morgan fingerprint density at radius 1 is 1.19 bits per heavy atom. The maximum atomic E-state index is 15.4. The molecule has 0 fully saturated rings. The van der Waals surface area contributed by atoms with Crippen LogP contribution in [0.3, 0.4) is 0 Å². The third-order valence-corrected chi connectivity index (χ3v) is 7.15. The van der Waals surface area contributed by atoms with Gasteiger partial charge in [0.25, 0.3) is 0 Å². The Hall–Kier alpha value is -3.49. The lowest BCUT2D eigenvalue weighted by Gasteiger charge is -2.18. The first-order valence-electron chi connectivity index (χ1n) is 12.5. The number of ether oxygens (including phenoxy) is 1. The normalized spacial score (nSPS) is 15.3. The summed E-state index contributed by atoms with van der Waals surface area (Å²) in [5.41, 5.74) is 3.96. The smallest absolute Gasteiger partial charge is 0.178 e. The number of hydrogen-bond donors (Lipinski definition) is 4. The summed E-state index contributed by atoms with van der Waals surface area (Å²) < 4.78 is 35.9. The third-order valence-electron chi connectivity index (χ3n) is 7.15. The molecule has 0 bridgehead atoms. The van der Waals surface area contributed by atoms with Gasteiger partial charge in [-0.1, -0.05) is 18.2 Å². The molecule has 194 valence electrons. The highest BCUT2D eigenvalue weighted by molar-refractivity contribution is 5.86. The Morgan fingerprint density at radius 2 is 2.00 bits per heavy atom. The van der Waals surface area contributed by atoms with E-state index in [0.717, 1.165) is 27.6 Å². The van der Waals surface area contributed by atoms with E-state index in [1.807, 2.05) is 24.4 Å². The van der Waals surface area contributed by atoms with Gasteiger partial charge in [0.15, 0.2) is 11.6 Å². The van der Waals surface area contributed by atoms with Crippen LogP contribution in [0, 0.1) is 11.6 Å². The molecule has 1 unspecified atom stereocenters. The Balaban J connectivity index is 1.36. The number of methoxy groups -OCH3 is 1. The van der Waals surface area contributed by atoms with Gasteiger partial charge in [-0.25, -0.2) is 8.78 Å². The predicted molar refractivity (Wildman–Crippen MR) is 139 cm³/mol. The van der Waals surface area contributed by atoms with Crippen molar-refractivity contribution in [2.45, 2.75) is 57.7 Å². The number of aliphatic hydroxyl groups is 2. The molecule has 6 nitrogen and oxygen atoms in total. The molecular weight excluding hydrogens is 476 g/mol. The summed E-state index contributed by atoms with van der Waals surface area (Å²) in [4.78, 5) is 7.49. The summed E-state index contributed by atoms with van der Waals surface area (Å²) in [6.45, 7) is 3.48. The highest BCUT2D eigenvalue weighted by atomic mass is 19.1. The van der Waals surface area contributed by atoms with E-state index < -0.39 is 23.3 Å². The van der Waals surface area contributed by atoms with Crippen LogP contribution in [0.1, 0.15) is 60.7 Å². The number of benzene rings is 2. The number of rotatable bonds is 8. The van der Waals surface area contributed by atoms with Crippen LogP contribution in [-0.4, -0.2) is 27.3 Å². The minimum Gasteiger partial charge on any atom is -0.492 e. The minimum absolute atomic E-state index is 0.0187. The Bertz CT molecular complexity index is 1460. The van der Waals surface area contributed by atoms with E-state index in [0.29, 0.717) is 37.1 Å². The van der Waals surface area contributed by atoms with Gasteiger partial charge in [0.2, 0.25) is 0 Å². The van der Waals surface area contributed by atoms with E-state index in [-0.39, 0.29) is 23.4 Å². The van der Waals surface area contributed by atoms with Gasteiger partial charge in [-0.05, 0) is 63.1 Å². The number of aliphatic hydroxyl groups excluding tert-OH is 1. The molecule has 0 spiro atoms. The fraction of sp³-hybridized carbons (Fsp3) is 0.345. The van der Waals surface area contributed by atoms with Crippen LogP contribution in [0.25, 0.3) is 10.9 Å². The largest absolute Gasteiger partial charge is 0.492 e. The van der Waals surface area contributed by atoms with Gasteiger partial charge in [0.05, 0.1) is 35.7 Å². The van der Waals surface area contributed by atoms with E-state index in [4.69, 9.17) is 4.74 Å². The second kappa shape index (κ2) is 9.76. The molecule has 4 aromatic rings. The lowest BCUT2D eigenvalue weighted by Crippen LogP contribution is -2.15. The zero-order valence-corrected chi connectivity index (χ0v) is 21.2. The molecule has 1 atom stereocenters. The molecular formula is C29H31F2N3O3. The molecule has 4 N–H and O–H groups in total. The molecule has 37 heavy (non-hydrogen) atoms. The van der Waals surface area contributed by atoms with Gasteiger partial charge in [-0.2, -0.15) is 0 Å². The number of hydrogen-bond acceptors (Lipinski definition) is 5. The van der Waals surface area contributed by atoms with E-state index in [2.05, 4.69) is 15.3 Å². The Labute approximate surface area is 214 Å². The van der Waals surface area contributed by atoms with Crippen LogP contribution in [0.4, 0.5) is 20.2 Å². The molecule has 0 saturated carbocycles. The van der Waals surface area contributed by atoms with Gasteiger partial charge in [0, 0.05) is 40.7 Å². The van der Waals surface area contributed by atoms with Crippen LogP contribution in [0.2, 0.25) is 0 Å². The van der Waals surface area contributed by atoms with Crippen molar-refractivity contribution >= 4 is 22.3 Å². The number of halogens is 2. The Morgan fingerprint density at radius 3 is 2.76 bits per heavy atom. The quantitative estimate of drug-likeness (QED) is 0.236. The number of aromatic amines is 1. The fourth-order valence-corrected chi connectivity index (χ4v) is 5.28. The van der Waals surface area contributed by atoms with Gasteiger partial charge in [-0.3, -0.25) is 4.98 Å². The number of para-hydroxylation sites is 1. The molecule has 2 aromatic carbocycles. The van der Waals surface area contributed by atoms with Crippen molar-refractivity contribution in [3.63, 3.8) is 0 Å². The number of aromatic nitrogens is 2. The number of aryl methyl sites for hydroxylation is 1. The van der Waals surface area contributed by atoms with Crippen LogP contribution < -0.4 is 10.1 Å². The van der Waals surface area contributed by atoms with Gasteiger partial charge in [0.1, 0.15) is 5.82 Å². The summed E-state index contributed by atoms with van der Waals surface area (Å²) >= 11 is 0. The fourth-order valence-electron chi connectivity index (χ4n) is 5.28. The molecule has 1 aliphatic rings. The zero-order valence-electron chi connectivity index (χ0n) is 21.2. The lowest BCUT2D eigenvalue weighted by molar-refractivity contribution is 0.0800. The number of nitrogens with one attached hydrogen (secondary N) is 2. The Kier molecular flexibility index (Phi) is 6.64. The van der Waals surface area contributed by atoms with Crippen molar-refractivity contribution in [1.29, 1.82) is 0 Å². The molecule has 2 heterocycles. The molecule has 0 aliphatic heterocycles. The molecule has 5 rings (SSSR count). The summed E-state index contributed by atoms with van der Waals surface area (Å²) in [5, 5.41) is 24.7. The maximum Gasteiger partial charge on any atom is 0.178 e. The highest BCUT2D eigenvalue weighted by Crippen LogP contribution is 2.39. The second-order valence-corrected chi connectivity index (χ2v) is 10.1. The van der Waals surface area contributed by atoms with Gasteiger partial charge < -0.3 is 25.3 Å². The third kappa shape index (κ3) is 4.67. The predicted octanol–water partition coefficient (Wildman–Crippen LogP) is 5.98. The van der Waals surface area contributed by atoms with Crippen molar-refractivity contribution < 1.29 is 23.7 Å². The average Bonchev–Trinajstić information content (AvgIpc) is 3.45.